The van der Waals surface area contributed by atoms with Crippen LogP contribution in [0.1, 0.15) is 30.5 Å². The van der Waals surface area contributed by atoms with Gasteiger partial charge in [-0.3, -0.25) is 0 Å². The molecule has 0 aliphatic carbocycles. The Kier molecular flexibility index (Phi) is 6.67. The minimum Gasteiger partial charge on any atom is -0.489 e. The Morgan fingerprint density at radius 1 is 0.778 bits per heavy atom. The summed E-state index contributed by atoms with van der Waals surface area (Å²) in [5, 5.41) is 3.24. The zero-order valence-electron chi connectivity index (χ0n) is 16.5. The summed E-state index contributed by atoms with van der Waals surface area (Å²) < 4.78 is 6.09. The molecule has 3 rings (SSSR count). The first kappa shape index (κ1) is 19.2. The normalized spacial score (nSPS) is 11.0. The van der Waals surface area contributed by atoms with Crippen LogP contribution < -0.4 is 10.1 Å². The lowest BCUT2D eigenvalue weighted by molar-refractivity contribution is 0.306. The fraction of sp³-hybridized carbons (Fsp3) is 0.280. The summed E-state index contributed by atoms with van der Waals surface area (Å²) in [6.45, 7) is 5.91. The molecule has 0 fully saturated rings. The van der Waals surface area contributed by atoms with Crippen LogP contribution in [0.3, 0.4) is 0 Å². The maximum atomic E-state index is 6.09. The van der Waals surface area contributed by atoms with E-state index in [-0.39, 0.29) is 0 Å². The maximum Gasteiger partial charge on any atom is 0.120 e. The maximum absolute atomic E-state index is 6.09. The largest absolute Gasteiger partial charge is 0.489 e. The summed E-state index contributed by atoms with van der Waals surface area (Å²) in [7, 11) is 1.97. The monoisotopic (exact) mass is 359 g/mol. The van der Waals surface area contributed by atoms with Crippen LogP contribution in [0, 0.1) is 5.92 Å². The zero-order valence-corrected chi connectivity index (χ0v) is 16.5. The van der Waals surface area contributed by atoms with Gasteiger partial charge >= 0.3 is 0 Å². The molecule has 0 aromatic heterocycles. The molecule has 2 heteroatoms. The average molecular weight is 360 g/mol. The molecule has 0 saturated carbocycles. The Bertz CT molecular complexity index is 838. The van der Waals surface area contributed by atoms with E-state index in [1.54, 1.807) is 0 Å². The van der Waals surface area contributed by atoms with Crippen molar-refractivity contribution < 1.29 is 4.74 Å². The van der Waals surface area contributed by atoms with Gasteiger partial charge in [-0.05, 0) is 65.4 Å². The van der Waals surface area contributed by atoms with Crippen LogP contribution in [0.5, 0.6) is 5.75 Å². The van der Waals surface area contributed by atoms with E-state index in [1.165, 1.54) is 27.8 Å². The van der Waals surface area contributed by atoms with Crippen LogP contribution in [-0.2, 0) is 19.6 Å². The molecule has 0 atom stereocenters. The van der Waals surface area contributed by atoms with E-state index in [0.717, 1.165) is 18.7 Å². The Labute approximate surface area is 163 Å². The Hall–Kier alpha value is -2.58. The number of hydrogen-bond donors (Lipinski definition) is 1. The van der Waals surface area contributed by atoms with Gasteiger partial charge < -0.3 is 10.1 Å². The molecule has 0 aliphatic rings. The molecule has 27 heavy (non-hydrogen) atoms. The molecular weight excluding hydrogens is 330 g/mol. The van der Waals surface area contributed by atoms with Crippen LogP contribution in [-0.4, -0.2) is 7.05 Å². The highest BCUT2D eigenvalue weighted by Crippen LogP contribution is 2.27. The lowest BCUT2D eigenvalue weighted by Gasteiger charge is -2.12. The molecule has 1 N–H and O–H groups in total. The summed E-state index contributed by atoms with van der Waals surface area (Å²) >= 11 is 0. The van der Waals surface area contributed by atoms with Gasteiger partial charge in [0.25, 0.3) is 0 Å². The third kappa shape index (κ3) is 5.70. The number of nitrogens with one attached hydrogen (secondary N) is 1. The highest BCUT2D eigenvalue weighted by Gasteiger charge is 2.06. The van der Waals surface area contributed by atoms with Crippen molar-refractivity contribution in [1.29, 1.82) is 0 Å². The highest BCUT2D eigenvalue weighted by molar-refractivity contribution is 5.66. The second kappa shape index (κ2) is 9.38. The minimum atomic E-state index is 0.580. The van der Waals surface area contributed by atoms with Crippen molar-refractivity contribution >= 4 is 0 Å². The summed E-state index contributed by atoms with van der Waals surface area (Å²) in [5.74, 6) is 1.58. The van der Waals surface area contributed by atoms with Crippen LogP contribution in [0.2, 0.25) is 0 Å². The van der Waals surface area contributed by atoms with Crippen molar-refractivity contribution in [3.05, 3.63) is 89.5 Å². The van der Waals surface area contributed by atoms with Gasteiger partial charge in [0.1, 0.15) is 12.4 Å². The zero-order chi connectivity index (χ0) is 19.1. The summed E-state index contributed by atoms with van der Waals surface area (Å²) in [5.41, 5.74) is 6.22. The molecule has 140 valence electrons. The van der Waals surface area contributed by atoms with Crippen molar-refractivity contribution in [2.45, 2.75) is 33.4 Å². The first-order valence-electron chi connectivity index (χ1n) is 9.68. The van der Waals surface area contributed by atoms with Crippen molar-refractivity contribution in [2.24, 2.45) is 5.92 Å². The van der Waals surface area contributed by atoms with Gasteiger partial charge in [0.05, 0.1) is 0 Å². The predicted molar refractivity (Wildman–Crippen MR) is 114 cm³/mol. The molecule has 0 unspecified atom stereocenters. The molecule has 2 nitrogen and oxygen atoms in total. The van der Waals surface area contributed by atoms with E-state index in [4.69, 9.17) is 4.74 Å². The molecule has 3 aromatic rings. The van der Waals surface area contributed by atoms with Crippen LogP contribution >= 0.6 is 0 Å². The van der Waals surface area contributed by atoms with Crippen molar-refractivity contribution in [3.8, 4) is 16.9 Å². The summed E-state index contributed by atoms with van der Waals surface area (Å²) in [4.78, 5) is 0. The van der Waals surface area contributed by atoms with Gasteiger partial charge in [-0.15, -0.1) is 0 Å². The number of ether oxygens (including phenoxy) is 1. The summed E-state index contributed by atoms with van der Waals surface area (Å²) in [6, 6.07) is 25.7. The number of hydrogen-bond acceptors (Lipinski definition) is 2. The minimum absolute atomic E-state index is 0.580. The van der Waals surface area contributed by atoms with Gasteiger partial charge in [0.15, 0.2) is 0 Å². The van der Waals surface area contributed by atoms with Crippen molar-refractivity contribution in [2.75, 3.05) is 7.05 Å². The fourth-order valence-corrected chi connectivity index (χ4v) is 3.26. The smallest absolute Gasteiger partial charge is 0.120 e. The van der Waals surface area contributed by atoms with E-state index in [9.17, 15) is 0 Å². The Morgan fingerprint density at radius 3 is 2.19 bits per heavy atom. The van der Waals surface area contributed by atoms with Gasteiger partial charge in [0.2, 0.25) is 0 Å². The molecular formula is C25H29NO. The SMILES string of the molecule is CNCc1cc(OCc2ccccc2)cc(-c2ccc(CC(C)C)cc2)c1. The molecule has 0 radical (unpaired) electrons. The Morgan fingerprint density at radius 2 is 1.52 bits per heavy atom. The topological polar surface area (TPSA) is 21.3 Å². The first-order chi connectivity index (χ1) is 13.1. The quantitative estimate of drug-likeness (QED) is 0.545. The van der Waals surface area contributed by atoms with E-state index in [0.29, 0.717) is 12.5 Å². The molecule has 0 amide bonds. The standard InChI is InChI=1S/C25H29NO/c1-19(2)13-20-9-11-23(12-10-20)24-14-22(17-26-3)15-25(16-24)27-18-21-7-5-4-6-8-21/h4-12,14-16,19,26H,13,17-18H2,1-3H3. The van der Waals surface area contributed by atoms with Crippen LogP contribution in [0.15, 0.2) is 72.8 Å². The second-order valence-corrected chi connectivity index (χ2v) is 7.47. The second-order valence-electron chi connectivity index (χ2n) is 7.47. The van der Waals surface area contributed by atoms with Gasteiger partial charge in [0, 0.05) is 6.54 Å². The van der Waals surface area contributed by atoms with Crippen LogP contribution in [0.25, 0.3) is 11.1 Å². The average Bonchev–Trinajstić information content (AvgIpc) is 2.67. The van der Waals surface area contributed by atoms with Crippen LogP contribution in [0.4, 0.5) is 0 Å². The van der Waals surface area contributed by atoms with Gasteiger partial charge in [-0.2, -0.15) is 0 Å². The van der Waals surface area contributed by atoms with E-state index in [2.05, 4.69) is 73.8 Å². The Balaban J connectivity index is 1.82. The number of benzene rings is 3. The van der Waals surface area contributed by atoms with Crippen molar-refractivity contribution in [1.82, 2.24) is 5.32 Å². The lowest BCUT2D eigenvalue weighted by Crippen LogP contribution is -2.05. The van der Waals surface area contributed by atoms with E-state index < -0.39 is 0 Å². The molecule has 0 aliphatic heterocycles. The third-order valence-corrected chi connectivity index (χ3v) is 4.53. The molecule has 3 aromatic carbocycles. The highest BCUT2D eigenvalue weighted by atomic mass is 16.5. The van der Waals surface area contributed by atoms with Crippen molar-refractivity contribution in [3.63, 3.8) is 0 Å². The molecule has 0 spiro atoms. The molecule has 0 heterocycles. The first-order valence-corrected chi connectivity index (χ1v) is 9.68. The molecule has 0 bridgehead atoms. The number of rotatable bonds is 8. The predicted octanol–water partition coefficient (Wildman–Crippen LogP) is 5.85. The lowest BCUT2D eigenvalue weighted by atomic mass is 9.98. The van der Waals surface area contributed by atoms with Gasteiger partial charge in [-0.1, -0.05) is 68.4 Å². The van der Waals surface area contributed by atoms with E-state index in [1.807, 2.05) is 25.2 Å². The van der Waals surface area contributed by atoms with E-state index >= 15 is 0 Å². The summed E-state index contributed by atoms with van der Waals surface area (Å²) in [6.07, 6.45) is 1.12. The molecule has 0 saturated heterocycles. The third-order valence-electron chi connectivity index (χ3n) is 4.53. The van der Waals surface area contributed by atoms with Gasteiger partial charge in [-0.25, -0.2) is 0 Å². The fourth-order valence-electron chi connectivity index (χ4n) is 3.26.